The minimum absolute atomic E-state index is 0.0667. The summed E-state index contributed by atoms with van der Waals surface area (Å²) >= 11 is 2.34. The molecule has 41 heavy (non-hydrogen) atoms. The first-order valence-electron chi connectivity index (χ1n) is 12.1. The van der Waals surface area contributed by atoms with Gasteiger partial charge in [0.05, 0.1) is 7.11 Å². The SMILES string of the molecule is COc1ccc(COC(=O)NC(C(=O)NC2(OC)C(=O)N3C(C(=O)O)=C(COC(C)=O)CSC32)c2cccs2)cc1. The van der Waals surface area contributed by atoms with Gasteiger partial charge in [-0.25, -0.2) is 9.59 Å². The highest BCUT2D eigenvalue weighted by Crippen LogP contribution is 2.47. The molecule has 4 rings (SSSR count). The number of nitrogens with one attached hydrogen (secondary N) is 2. The number of ether oxygens (including phenoxy) is 4. The maximum absolute atomic E-state index is 13.5. The van der Waals surface area contributed by atoms with E-state index in [4.69, 9.17) is 18.9 Å². The summed E-state index contributed by atoms with van der Waals surface area (Å²) < 4.78 is 20.8. The molecule has 15 heteroatoms. The molecule has 0 spiro atoms. The lowest BCUT2D eigenvalue weighted by molar-refractivity contribution is -0.193. The molecular formula is C26H27N3O10S2. The molecule has 0 aliphatic carbocycles. The van der Waals surface area contributed by atoms with E-state index in [1.54, 1.807) is 41.8 Å². The Morgan fingerprint density at radius 2 is 1.85 bits per heavy atom. The van der Waals surface area contributed by atoms with Gasteiger partial charge in [-0.15, -0.1) is 23.1 Å². The number of carbonyl (C=O) groups excluding carboxylic acids is 4. The zero-order chi connectivity index (χ0) is 29.7. The minimum atomic E-state index is -1.90. The number of hydrogen-bond acceptors (Lipinski definition) is 11. The molecule has 3 amide bonds. The largest absolute Gasteiger partial charge is 0.497 e. The second-order valence-electron chi connectivity index (χ2n) is 8.82. The molecule has 3 unspecified atom stereocenters. The van der Waals surface area contributed by atoms with Crippen LogP contribution in [-0.2, 0) is 40.0 Å². The second kappa shape index (κ2) is 12.6. The van der Waals surface area contributed by atoms with E-state index in [0.717, 1.165) is 16.7 Å². The summed E-state index contributed by atoms with van der Waals surface area (Å²) in [5.41, 5.74) is -1.31. The highest BCUT2D eigenvalue weighted by molar-refractivity contribution is 8.00. The average Bonchev–Trinajstić information content (AvgIpc) is 3.50. The fourth-order valence-corrected chi connectivity index (χ4v) is 6.44. The summed E-state index contributed by atoms with van der Waals surface area (Å²) in [6.45, 7) is 0.825. The molecule has 1 saturated heterocycles. The normalized spacial score (nSPS) is 20.3. The standard InChI is InChI=1S/C26H27N3O10S2/c1-14(30)38-12-16-13-41-24-26(37-3,23(34)29(24)20(16)22(32)33)28-21(31)19(18-5-4-10-40-18)27-25(35)39-11-15-6-8-17(36-2)9-7-15/h4-10,19,24H,11-13H2,1-3H3,(H,27,35)(H,28,31)(H,32,33). The molecule has 218 valence electrons. The molecule has 2 aliphatic rings. The number of carbonyl (C=O) groups is 5. The van der Waals surface area contributed by atoms with E-state index in [0.29, 0.717) is 16.2 Å². The molecule has 1 aromatic carbocycles. The summed E-state index contributed by atoms with van der Waals surface area (Å²) in [6.07, 6.45) is -0.874. The summed E-state index contributed by atoms with van der Waals surface area (Å²) in [5, 5.41) is 15.7. The monoisotopic (exact) mass is 605 g/mol. The van der Waals surface area contributed by atoms with E-state index < -0.39 is 47.0 Å². The van der Waals surface area contributed by atoms with E-state index >= 15 is 0 Å². The van der Waals surface area contributed by atoms with Crippen LogP contribution < -0.4 is 15.4 Å². The molecule has 3 atom stereocenters. The number of methoxy groups -OCH3 is 2. The van der Waals surface area contributed by atoms with Gasteiger partial charge in [-0.3, -0.25) is 19.3 Å². The number of fused-ring (bicyclic) bond motifs is 1. The maximum atomic E-state index is 13.5. The zero-order valence-electron chi connectivity index (χ0n) is 22.2. The molecule has 0 bridgehead atoms. The van der Waals surface area contributed by atoms with Crippen LogP contribution in [0, 0.1) is 0 Å². The van der Waals surface area contributed by atoms with Crippen LogP contribution in [0.5, 0.6) is 5.75 Å². The number of alkyl carbamates (subject to hydrolysis) is 1. The third kappa shape index (κ3) is 6.16. The van der Waals surface area contributed by atoms with E-state index in [2.05, 4.69) is 10.6 Å². The Bertz CT molecular complexity index is 1360. The lowest BCUT2D eigenvalue weighted by Gasteiger charge is -2.55. The Labute approximate surface area is 242 Å². The van der Waals surface area contributed by atoms with E-state index in [1.807, 2.05) is 0 Å². The number of carboxylic acid groups (broad SMARTS) is 1. The fourth-order valence-electron chi connectivity index (χ4n) is 4.25. The van der Waals surface area contributed by atoms with Crippen molar-refractivity contribution >= 4 is 52.9 Å². The first-order valence-corrected chi connectivity index (χ1v) is 14.0. The molecule has 13 nitrogen and oxygen atoms in total. The Morgan fingerprint density at radius 3 is 2.44 bits per heavy atom. The van der Waals surface area contributed by atoms with Crippen molar-refractivity contribution in [3.63, 3.8) is 0 Å². The van der Waals surface area contributed by atoms with Crippen molar-refractivity contribution in [3.8, 4) is 5.75 Å². The van der Waals surface area contributed by atoms with E-state index in [1.165, 1.54) is 32.5 Å². The molecule has 3 heterocycles. The number of rotatable bonds is 11. The molecule has 0 radical (unpaired) electrons. The first kappa shape index (κ1) is 29.9. The van der Waals surface area contributed by atoms with Crippen molar-refractivity contribution in [1.29, 1.82) is 0 Å². The van der Waals surface area contributed by atoms with Crippen LogP contribution in [0.4, 0.5) is 4.79 Å². The molecule has 0 saturated carbocycles. The molecule has 3 N–H and O–H groups in total. The van der Waals surface area contributed by atoms with Crippen LogP contribution in [0.2, 0.25) is 0 Å². The number of carboxylic acids is 1. The van der Waals surface area contributed by atoms with Gasteiger partial charge in [0.2, 0.25) is 0 Å². The lowest BCUT2D eigenvalue weighted by Crippen LogP contribution is -2.81. The third-order valence-corrected chi connectivity index (χ3v) is 8.58. The van der Waals surface area contributed by atoms with Crippen LogP contribution in [-0.4, -0.2) is 77.5 Å². The van der Waals surface area contributed by atoms with Crippen LogP contribution in [0.15, 0.2) is 53.0 Å². The van der Waals surface area contributed by atoms with Crippen molar-refractivity contribution in [3.05, 3.63) is 63.5 Å². The van der Waals surface area contributed by atoms with Crippen LogP contribution in [0.3, 0.4) is 0 Å². The highest BCUT2D eigenvalue weighted by Gasteiger charge is 2.67. The molecular weight excluding hydrogens is 578 g/mol. The van der Waals surface area contributed by atoms with Crippen molar-refractivity contribution < 1.29 is 48.0 Å². The minimum Gasteiger partial charge on any atom is -0.497 e. The highest BCUT2D eigenvalue weighted by atomic mass is 32.2. The van der Waals surface area contributed by atoms with E-state index in [-0.39, 0.29) is 30.2 Å². The number of esters is 1. The molecule has 2 aliphatic heterocycles. The van der Waals surface area contributed by atoms with Gasteiger partial charge in [0, 0.05) is 30.2 Å². The van der Waals surface area contributed by atoms with Gasteiger partial charge in [0.1, 0.15) is 36.1 Å². The lowest BCUT2D eigenvalue weighted by atomic mass is 9.97. The van der Waals surface area contributed by atoms with Crippen LogP contribution in [0.25, 0.3) is 0 Å². The van der Waals surface area contributed by atoms with Gasteiger partial charge in [0.15, 0.2) is 0 Å². The summed E-state index contributed by atoms with van der Waals surface area (Å²) in [4.78, 5) is 64.3. The van der Waals surface area contributed by atoms with Crippen molar-refractivity contribution in [1.82, 2.24) is 15.5 Å². The van der Waals surface area contributed by atoms with Gasteiger partial charge < -0.3 is 34.7 Å². The predicted molar refractivity (Wildman–Crippen MR) is 146 cm³/mol. The van der Waals surface area contributed by atoms with Gasteiger partial charge in [-0.05, 0) is 29.1 Å². The van der Waals surface area contributed by atoms with E-state index in [9.17, 15) is 29.1 Å². The Hall–Kier alpha value is -4.08. The quantitative estimate of drug-likeness (QED) is 0.195. The Balaban J connectivity index is 1.49. The topological polar surface area (TPSA) is 170 Å². The number of aliphatic carboxylic acids is 1. The van der Waals surface area contributed by atoms with Crippen molar-refractivity contribution in [2.45, 2.75) is 30.7 Å². The first-order chi connectivity index (χ1) is 19.6. The van der Waals surface area contributed by atoms with Gasteiger partial charge in [-0.1, -0.05) is 18.2 Å². The number of β-lactam (4-membered cyclic amide) rings is 1. The van der Waals surface area contributed by atoms with Crippen molar-refractivity contribution in [2.24, 2.45) is 0 Å². The van der Waals surface area contributed by atoms with Gasteiger partial charge in [0.25, 0.3) is 17.5 Å². The Kier molecular flexibility index (Phi) is 9.20. The van der Waals surface area contributed by atoms with Crippen LogP contribution in [0.1, 0.15) is 23.4 Å². The number of thiophene rings is 1. The fraction of sp³-hybridized carbons (Fsp3) is 0.346. The summed E-state index contributed by atoms with van der Waals surface area (Å²) in [7, 11) is 2.75. The molecule has 1 aromatic heterocycles. The van der Waals surface area contributed by atoms with Gasteiger partial charge in [-0.2, -0.15) is 0 Å². The third-order valence-electron chi connectivity index (χ3n) is 6.27. The number of hydrogen-bond donors (Lipinski definition) is 3. The van der Waals surface area contributed by atoms with Crippen molar-refractivity contribution in [2.75, 3.05) is 26.6 Å². The molecule has 1 fully saturated rings. The number of thioether (sulfide) groups is 1. The predicted octanol–water partition coefficient (Wildman–Crippen LogP) is 2.00. The summed E-state index contributed by atoms with van der Waals surface area (Å²) in [6, 6.07) is 8.98. The zero-order valence-corrected chi connectivity index (χ0v) is 23.8. The number of nitrogens with zero attached hydrogens (tertiary/aromatic N) is 1. The second-order valence-corrected chi connectivity index (χ2v) is 10.9. The molecule has 2 aromatic rings. The Morgan fingerprint density at radius 1 is 1.12 bits per heavy atom. The number of benzene rings is 1. The van der Waals surface area contributed by atoms with Crippen LogP contribution >= 0.6 is 23.1 Å². The van der Waals surface area contributed by atoms with Gasteiger partial charge >= 0.3 is 18.0 Å². The smallest absolute Gasteiger partial charge is 0.408 e. The number of amides is 3. The average molecular weight is 606 g/mol. The maximum Gasteiger partial charge on any atom is 0.408 e. The summed E-state index contributed by atoms with van der Waals surface area (Å²) in [5.74, 6) is -2.83.